The van der Waals surface area contributed by atoms with Crippen LogP contribution < -0.4 is 5.32 Å². The smallest absolute Gasteiger partial charge is 0.338 e. The minimum atomic E-state index is -0.999. The maximum Gasteiger partial charge on any atom is 0.338 e. The van der Waals surface area contributed by atoms with Gasteiger partial charge in [0.05, 0.1) is 23.1 Å². The summed E-state index contributed by atoms with van der Waals surface area (Å²) in [6.07, 6.45) is 4.51. The highest BCUT2D eigenvalue weighted by Gasteiger charge is 2.08. The van der Waals surface area contributed by atoms with Crippen molar-refractivity contribution < 1.29 is 14.3 Å². The lowest BCUT2D eigenvalue weighted by Crippen LogP contribution is -1.99. The first-order chi connectivity index (χ1) is 9.72. The second-order valence-corrected chi connectivity index (χ2v) is 4.22. The molecule has 0 aliphatic rings. The molecule has 0 atom stereocenters. The molecule has 0 aliphatic carbocycles. The Kier molecular flexibility index (Phi) is 3.04. The number of fused-ring (bicyclic) bond motifs is 1. The zero-order valence-corrected chi connectivity index (χ0v) is 10.4. The second-order valence-electron chi connectivity index (χ2n) is 4.22. The van der Waals surface area contributed by atoms with Gasteiger partial charge in [0.15, 0.2) is 0 Å². The molecule has 3 rings (SSSR count). The van der Waals surface area contributed by atoms with Crippen LogP contribution in [-0.4, -0.2) is 21.0 Å². The summed E-state index contributed by atoms with van der Waals surface area (Å²) in [5, 5.41) is 12.0. The normalized spacial score (nSPS) is 10.6. The Labute approximate surface area is 114 Å². The van der Waals surface area contributed by atoms with Crippen molar-refractivity contribution in [2.45, 2.75) is 6.54 Å². The van der Waals surface area contributed by atoms with Crippen LogP contribution in [0.25, 0.3) is 11.0 Å². The first-order valence-corrected chi connectivity index (χ1v) is 5.98. The fourth-order valence-electron chi connectivity index (χ4n) is 1.85. The van der Waals surface area contributed by atoms with E-state index >= 15 is 0 Å². The number of carboxylic acid groups (broad SMARTS) is 1. The molecule has 0 aliphatic heterocycles. The molecule has 2 heterocycles. The summed E-state index contributed by atoms with van der Waals surface area (Å²) >= 11 is 0. The fourth-order valence-corrected chi connectivity index (χ4v) is 1.85. The van der Waals surface area contributed by atoms with Crippen LogP contribution in [0.15, 0.2) is 47.3 Å². The van der Waals surface area contributed by atoms with Crippen molar-refractivity contribution >= 4 is 22.7 Å². The van der Waals surface area contributed by atoms with Crippen LogP contribution in [0.2, 0.25) is 0 Å². The van der Waals surface area contributed by atoms with Crippen molar-refractivity contribution in [1.82, 2.24) is 9.97 Å². The van der Waals surface area contributed by atoms with Crippen LogP contribution in [-0.2, 0) is 6.54 Å². The molecule has 0 unspecified atom stereocenters. The lowest BCUT2D eigenvalue weighted by atomic mass is 10.2. The summed E-state index contributed by atoms with van der Waals surface area (Å²) in [4.78, 5) is 19.1. The summed E-state index contributed by atoms with van der Waals surface area (Å²) < 4.78 is 5.16. The Morgan fingerprint density at radius 1 is 1.20 bits per heavy atom. The van der Waals surface area contributed by atoms with Gasteiger partial charge >= 0.3 is 5.97 Å². The number of nitrogens with one attached hydrogen (secondary N) is 1. The molecule has 0 radical (unpaired) electrons. The molecule has 0 saturated carbocycles. The van der Waals surface area contributed by atoms with Gasteiger partial charge < -0.3 is 14.8 Å². The van der Waals surface area contributed by atoms with E-state index in [1.165, 1.54) is 12.3 Å². The van der Waals surface area contributed by atoms with Gasteiger partial charge in [0.1, 0.15) is 12.0 Å². The number of hydrogen-bond donors (Lipinski definition) is 2. The first-order valence-electron chi connectivity index (χ1n) is 5.98. The van der Waals surface area contributed by atoms with Crippen LogP contribution in [0, 0.1) is 0 Å². The Morgan fingerprint density at radius 2 is 2.00 bits per heavy atom. The van der Waals surface area contributed by atoms with Crippen molar-refractivity contribution in [3.05, 3.63) is 54.2 Å². The van der Waals surface area contributed by atoms with E-state index in [0.717, 1.165) is 16.7 Å². The summed E-state index contributed by atoms with van der Waals surface area (Å²) in [6.45, 7) is 0.402. The summed E-state index contributed by atoms with van der Waals surface area (Å²) in [5.74, 6) is -0.442. The number of aromatic carboxylic acids is 1. The quantitative estimate of drug-likeness (QED) is 0.756. The zero-order valence-electron chi connectivity index (χ0n) is 10.4. The number of benzene rings is 1. The molecule has 0 fully saturated rings. The molecule has 2 N–H and O–H groups in total. The minimum Gasteiger partial charge on any atom is -0.478 e. The third-order valence-electron chi connectivity index (χ3n) is 2.84. The standard InChI is InChI=1S/C14H11N3O3/c18-14(19)9-5-11(20-8-9)7-17-10-1-2-12-13(6-10)16-4-3-15-12/h1-6,8,17H,7H2,(H,18,19). The third-order valence-corrected chi connectivity index (χ3v) is 2.84. The van der Waals surface area contributed by atoms with E-state index in [1.54, 1.807) is 12.4 Å². The highest BCUT2D eigenvalue weighted by molar-refractivity contribution is 5.87. The van der Waals surface area contributed by atoms with Gasteiger partial charge in [-0.2, -0.15) is 0 Å². The lowest BCUT2D eigenvalue weighted by Gasteiger charge is -2.05. The SMILES string of the molecule is O=C(O)c1coc(CNc2ccc3nccnc3c2)c1. The number of anilines is 1. The average Bonchev–Trinajstić information content (AvgIpc) is 2.94. The number of aromatic nitrogens is 2. The predicted molar refractivity (Wildman–Crippen MR) is 72.5 cm³/mol. The van der Waals surface area contributed by atoms with Gasteiger partial charge in [-0.05, 0) is 24.3 Å². The van der Waals surface area contributed by atoms with Gasteiger partial charge in [0.2, 0.25) is 0 Å². The Balaban J connectivity index is 1.74. The first kappa shape index (κ1) is 12.2. The number of carboxylic acids is 1. The number of nitrogens with zero attached hydrogens (tertiary/aromatic N) is 2. The Morgan fingerprint density at radius 3 is 2.75 bits per heavy atom. The Hall–Kier alpha value is -2.89. The van der Waals surface area contributed by atoms with E-state index in [0.29, 0.717) is 12.3 Å². The van der Waals surface area contributed by atoms with Crippen LogP contribution >= 0.6 is 0 Å². The molecule has 2 aromatic heterocycles. The highest BCUT2D eigenvalue weighted by atomic mass is 16.4. The molecule has 3 aromatic rings. The average molecular weight is 269 g/mol. The Bertz CT molecular complexity index is 767. The molecular weight excluding hydrogens is 258 g/mol. The third kappa shape index (κ3) is 2.44. The van der Waals surface area contributed by atoms with E-state index in [9.17, 15) is 4.79 Å². The van der Waals surface area contributed by atoms with Gasteiger partial charge in [-0.3, -0.25) is 9.97 Å². The van der Waals surface area contributed by atoms with Crippen LogP contribution in [0.3, 0.4) is 0 Å². The summed E-state index contributed by atoms with van der Waals surface area (Å²) in [5.41, 5.74) is 2.63. The second kappa shape index (κ2) is 5.00. The van der Waals surface area contributed by atoms with Gasteiger partial charge in [0, 0.05) is 18.1 Å². The van der Waals surface area contributed by atoms with E-state index in [1.807, 2.05) is 18.2 Å². The van der Waals surface area contributed by atoms with Crippen molar-refractivity contribution in [1.29, 1.82) is 0 Å². The van der Waals surface area contributed by atoms with Gasteiger partial charge in [-0.1, -0.05) is 0 Å². The van der Waals surface area contributed by atoms with Crippen LogP contribution in [0.4, 0.5) is 5.69 Å². The van der Waals surface area contributed by atoms with Crippen molar-refractivity contribution in [3.63, 3.8) is 0 Å². The number of rotatable bonds is 4. The van der Waals surface area contributed by atoms with Gasteiger partial charge in [-0.15, -0.1) is 0 Å². The van der Waals surface area contributed by atoms with Crippen molar-refractivity contribution in [2.75, 3.05) is 5.32 Å². The minimum absolute atomic E-state index is 0.145. The molecule has 0 bridgehead atoms. The number of hydrogen-bond acceptors (Lipinski definition) is 5. The molecule has 100 valence electrons. The van der Waals surface area contributed by atoms with E-state index < -0.39 is 5.97 Å². The van der Waals surface area contributed by atoms with Crippen molar-refractivity contribution in [3.8, 4) is 0 Å². The van der Waals surface area contributed by atoms with E-state index in [-0.39, 0.29) is 5.56 Å². The molecule has 20 heavy (non-hydrogen) atoms. The zero-order chi connectivity index (χ0) is 13.9. The van der Waals surface area contributed by atoms with Crippen molar-refractivity contribution in [2.24, 2.45) is 0 Å². The van der Waals surface area contributed by atoms with Crippen LogP contribution in [0.1, 0.15) is 16.1 Å². The molecule has 0 saturated heterocycles. The maximum absolute atomic E-state index is 10.7. The topological polar surface area (TPSA) is 88.2 Å². The molecule has 6 nitrogen and oxygen atoms in total. The maximum atomic E-state index is 10.7. The molecule has 0 spiro atoms. The number of carbonyl (C=O) groups is 1. The fraction of sp³-hybridized carbons (Fsp3) is 0.0714. The molecule has 0 amide bonds. The summed E-state index contributed by atoms with van der Waals surface area (Å²) in [7, 11) is 0. The van der Waals surface area contributed by atoms with E-state index in [4.69, 9.17) is 9.52 Å². The van der Waals surface area contributed by atoms with Gasteiger partial charge in [0.25, 0.3) is 0 Å². The largest absolute Gasteiger partial charge is 0.478 e. The van der Waals surface area contributed by atoms with Gasteiger partial charge in [-0.25, -0.2) is 4.79 Å². The monoisotopic (exact) mass is 269 g/mol. The lowest BCUT2D eigenvalue weighted by molar-refractivity contribution is 0.0696. The molecule has 6 heteroatoms. The predicted octanol–water partition coefficient (Wildman–Crippen LogP) is 2.53. The molecule has 1 aromatic carbocycles. The number of furan rings is 1. The van der Waals surface area contributed by atoms with E-state index in [2.05, 4.69) is 15.3 Å². The summed E-state index contributed by atoms with van der Waals surface area (Å²) in [6, 6.07) is 7.13. The van der Waals surface area contributed by atoms with Crippen LogP contribution in [0.5, 0.6) is 0 Å². The highest BCUT2D eigenvalue weighted by Crippen LogP contribution is 2.16. The molecular formula is C14H11N3O3.